The first-order chi connectivity index (χ1) is 13.2. The Bertz CT molecular complexity index is 871. The van der Waals surface area contributed by atoms with Crippen molar-refractivity contribution < 1.29 is 19.0 Å². The minimum Gasteiger partial charge on any atom is -0.497 e. The van der Waals surface area contributed by atoms with Gasteiger partial charge in [0.2, 0.25) is 0 Å². The van der Waals surface area contributed by atoms with Crippen LogP contribution >= 0.6 is 11.6 Å². The normalized spacial score (nSPS) is 17.3. The Balaban J connectivity index is 1.71. The molecular weight excluding hydrogens is 378 g/mol. The third-order valence-corrected chi connectivity index (χ3v) is 5.39. The van der Waals surface area contributed by atoms with Gasteiger partial charge in [-0.15, -0.1) is 0 Å². The Morgan fingerprint density at radius 3 is 2.54 bits per heavy atom. The first-order valence-corrected chi connectivity index (χ1v) is 9.62. The van der Waals surface area contributed by atoms with E-state index in [0.29, 0.717) is 17.2 Å². The number of amides is 1. The lowest BCUT2D eigenvalue weighted by molar-refractivity contribution is -0.124. The molecule has 0 saturated heterocycles. The molecular formula is C22H26ClNO4. The van der Waals surface area contributed by atoms with E-state index in [4.69, 9.17) is 25.8 Å². The highest BCUT2D eigenvalue weighted by molar-refractivity contribution is 6.32. The van der Waals surface area contributed by atoms with E-state index in [0.717, 1.165) is 28.2 Å². The van der Waals surface area contributed by atoms with Gasteiger partial charge < -0.3 is 19.5 Å². The number of ether oxygens (including phenoxy) is 3. The van der Waals surface area contributed by atoms with E-state index in [1.165, 1.54) is 0 Å². The fourth-order valence-corrected chi connectivity index (χ4v) is 3.57. The highest BCUT2D eigenvalue weighted by atomic mass is 35.5. The zero-order chi connectivity index (χ0) is 20.5. The molecule has 0 radical (unpaired) electrons. The average Bonchev–Trinajstić information content (AvgIpc) is 2.63. The molecule has 0 fully saturated rings. The van der Waals surface area contributed by atoms with Gasteiger partial charge in [-0.2, -0.15) is 0 Å². The lowest BCUT2D eigenvalue weighted by Gasteiger charge is -2.38. The smallest absolute Gasteiger partial charge is 0.258 e. The van der Waals surface area contributed by atoms with E-state index < -0.39 is 0 Å². The lowest BCUT2D eigenvalue weighted by Crippen LogP contribution is -2.42. The Hall–Kier alpha value is -2.40. The van der Waals surface area contributed by atoms with Crippen LogP contribution in [0.25, 0.3) is 0 Å². The van der Waals surface area contributed by atoms with E-state index in [9.17, 15) is 4.79 Å². The SMILES string of the molecule is COc1ccc2c(c1)[C@@H](NC(=O)COc1cc(C)c(Cl)c(C)c1)CC(C)(C)O2. The molecule has 1 amide bonds. The first-order valence-electron chi connectivity index (χ1n) is 9.24. The van der Waals surface area contributed by atoms with Gasteiger partial charge in [-0.1, -0.05) is 11.6 Å². The summed E-state index contributed by atoms with van der Waals surface area (Å²) in [5.41, 5.74) is 2.36. The summed E-state index contributed by atoms with van der Waals surface area (Å²) < 4.78 is 17.1. The van der Waals surface area contributed by atoms with Crippen LogP contribution in [0.3, 0.4) is 0 Å². The lowest BCUT2D eigenvalue weighted by atomic mass is 9.89. The third-order valence-electron chi connectivity index (χ3n) is 4.79. The number of hydrogen-bond acceptors (Lipinski definition) is 4. The number of aryl methyl sites for hydroxylation is 2. The topological polar surface area (TPSA) is 56.8 Å². The van der Waals surface area contributed by atoms with E-state index in [-0.39, 0.29) is 24.2 Å². The number of hydrogen-bond donors (Lipinski definition) is 1. The fraction of sp³-hybridized carbons (Fsp3) is 0.409. The molecule has 3 rings (SSSR count). The number of carbonyl (C=O) groups excluding carboxylic acids is 1. The van der Waals surface area contributed by atoms with Crippen molar-refractivity contribution in [3.8, 4) is 17.2 Å². The molecule has 1 heterocycles. The number of halogens is 1. The van der Waals surface area contributed by atoms with Crippen molar-refractivity contribution in [3.63, 3.8) is 0 Å². The van der Waals surface area contributed by atoms with Crippen LogP contribution in [0.1, 0.15) is 43.0 Å². The standard InChI is InChI=1S/C22H26ClNO4/c1-13-8-16(9-14(2)21(13)23)27-12-20(25)24-18-11-22(3,4)28-19-7-6-15(26-5)10-17(18)19/h6-10,18H,11-12H2,1-5H3,(H,24,25)/t18-/m0/s1. The molecule has 28 heavy (non-hydrogen) atoms. The Morgan fingerprint density at radius 2 is 1.89 bits per heavy atom. The fourth-order valence-electron chi connectivity index (χ4n) is 3.46. The van der Waals surface area contributed by atoms with Crippen LogP contribution in [-0.2, 0) is 4.79 Å². The van der Waals surface area contributed by atoms with Crippen molar-refractivity contribution in [3.05, 3.63) is 52.0 Å². The highest BCUT2D eigenvalue weighted by Crippen LogP contribution is 2.41. The van der Waals surface area contributed by atoms with Crippen LogP contribution in [0.4, 0.5) is 0 Å². The molecule has 0 saturated carbocycles. The molecule has 2 aromatic carbocycles. The van der Waals surface area contributed by atoms with Gasteiger partial charge in [-0.25, -0.2) is 0 Å². The van der Waals surface area contributed by atoms with E-state index in [2.05, 4.69) is 5.32 Å². The Morgan fingerprint density at radius 1 is 1.21 bits per heavy atom. The molecule has 0 aliphatic carbocycles. The quantitative estimate of drug-likeness (QED) is 0.781. The summed E-state index contributed by atoms with van der Waals surface area (Å²) in [6.07, 6.45) is 0.651. The van der Waals surface area contributed by atoms with Crippen LogP contribution in [-0.4, -0.2) is 25.2 Å². The van der Waals surface area contributed by atoms with Crippen LogP contribution in [0.2, 0.25) is 5.02 Å². The third kappa shape index (κ3) is 4.53. The monoisotopic (exact) mass is 403 g/mol. The van der Waals surface area contributed by atoms with Gasteiger partial charge in [0, 0.05) is 17.0 Å². The zero-order valence-corrected chi connectivity index (χ0v) is 17.6. The summed E-state index contributed by atoms with van der Waals surface area (Å²) in [6, 6.07) is 9.12. The highest BCUT2D eigenvalue weighted by Gasteiger charge is 2.34. The number of rotatable bonds is 5. The van der Waals surface area contributed by atoms with E-state index >= 15 is 0 Å². The second-order valence-electron chi connectivity index (χ2n) is 7.75. The number of carbonyl (C=O) groups is 1. The Labute approximate surface area is 170 Å². The molecule has 0 spiro atoms. The minimum absolute atomic E-state index is 0.0718. The van der Waals surface area contributed by atoms with Crippen LogP contribution in [0.5, 0.6) is 17.2 Å². The largest absolute Gasteiger partial charge is 0.497 e. The van der Waals surface area contributed by atoms with Crippen molar-refractivity contribution in [2.75, 3.05) is 13.7 Å². The van der Waals surface area contributed by atoms with E-state index in [1.807, 2.05) is 58.0 Å². The van der Waals surface area contributed by atoms with Crippen LogP contribution in [0, 0.1) is 13.8 Å². The van der Waals surface area contributed by atoms with Gasteiger partial charge in [0.25, 0.3) is 5.91 Å². The number of methoxy groups -OCH3 is 1. The van der Waals surface area contributed by atoms with Gasteiger partial charge in [-0.05, 0) is 69.2 Å². The molecule has 0 aromatic heterocycles. The van der Waals surface area contributed by atoms with Crippen molar-refractivity contribution in [2.24, 2.45) is 0 Å². The van der Waals surface area contributed by atoms with Gasteiger partial charge in [0.15, 0.2) is 6.61 Å². The van der Waals surface area contributed by atoms with E-state index in [1.54, 1.807) is 7.11 Å². The Kier molecular flexibility index (Phi) is 5.75. The van der Waals surface area contributed by atoms with Crippen molar-refractivity contribution in [1.29, 1.82) is 0 Å². The second kappa shape index (κ2) is 7.92. The molecule has 0 unspecified atom stereocenters. The summed E-state index contributed by atoms with van der Waals surface area (Å²) >= 11 is 6.18. The summed E-state index contributed by atoms with van der Waals surface area (Å²) in [5.74, 6) is 1.92. The van der Waals surface area contributed by atoms with Gasteiger partial charge in [-0.3, -0.25) is 4.79 Å². The summed E-state index contributed by atoms with van der Waals surface area (Å²) in [5, 5.41) is 3.78. The number of benzene rings is 2. The summed E-state index contributed by atoms with van der Waals surface area (Å²) in [6.45, 7) is 7.77. The van der Waals surface area contributed by atoms with Crippen molar-refractivity contribution in [1.82, 2.24) is 5.32 Å². The maximum absolute atomic E-state index is 12.6. The molecule has 1 N–H and O–H groups in total. The summed E-state index contributed by atoms with van der Waals surface area (Å²) in [4.78, 5) is 12.6. The minimum atomic E-state index is -0.384. The number of nitrogens with one attached hydrogen (secondary N) is 1. The van der Waals surface area contributed by atoms with Crippen LogP contribution in [0.15, 0.2) is 30.3 Å². The first kappa shape index (κ1) is 20.3. The molecule has 1 atom stereocenters. The predicted molar refractivity (Wildman–Crippen MR) is 110 cm³/mol. The van der Waals surface area contributed by atoms with Gasteiger partial charge >= 0.3 is 0 Å². The zero-order valence-electron chi connectivity index (χ0n) is 16.9. The molecule has 2 aromatic rings. The maximum Gasteiger partial charge on any atom is 0.258 e. The molecule has 6 heteroatoms. The summed E-state index contributed by atoms with van der Waals surface area (Å²) in [7, 11) is 1.62. The number of fused-ring (bicyclic) bond motifs is 1. The van der Waals surface area contributed by atoms with Gasteiger partial charge in [0.1, 0.15) is 22.8 Å². The predicted octanol–water partition coefficient (Wildman–Crippen LogP) is 4.76. The average molecular weight is 404 g/mol. The second-order valence-corrected chi connectivity index (χ2v) is 8.13. The molecule has 150 valence electrons. The van der Waals surface area contributed by atoms with Crippen LogP contribution < -0.4 is 19.5 Å². The van der Waals surface area contributed by atoms with Crippen molar-refractivity contribution in [2.45, 2.75) is 45.8 Å². The molecule has 0 bridgehead atoms. The van der Waals surface area contributed by atoms with Gasteiger partial charge in [0.05, 0.1) is 13.2 Å². The molecule has 1 aliphatic heterocycles. The molecule has 1 aliphatic rings. The van der Waals surface area contributed by atoms with Crippen molar-refractivity contribution >= 4 is 17.5 Å². The maximum atomic E-state index is 12.6. The molecule has 5 nitrogen and oxygen atoms in total.